The second kappa shape index (κ2) is 8.18. The van der Waals surface area contributed by atoms with E-state index in [4.69, 9.17) is 9.47 Å². The molecule has 0 bridgehead atoms. The Morgan fingerprint density at radius 1 is 1.23 bits per heavy atom. The largest absolute Gasteiger partial charge is 0.493 e. The Morgan fingerprint density at radius 2 is 2.07 bits per heavy atom. The molecule has 1 aromatic rings. The highest BCUT2D eigenvalue weighted by molar-refractivity contribution is 5.61. The summed E-state index contributed by atoms with van der Waals surface area (Å²) in [5.74, 6) is 1.72. The van der Waals surface area contributed by atoms with Gasteiger partial charge in [0.1, 0.15) is 6.10 Å². The third-order valence-corrected chi connectivity index (χ3v) is 7.91. The van der Waals surface area contributed by atoms with E-state index in [2.05, 4.69) is 34.9 Å². The molecule has 5 rings (SSSR count). The Hall–Kier alpha value is -1.56. The van der Waals surface area contributed by atoms with Gasteiger partial charge >= 0.3 is 0 Å². The zero-order chi connectivity index (χ0) is 20.7. The molecule has 1 aliphatic carbocycles. The molecule has 4 atom stereocenters. The zero-order valence-electron chi connectivity index (χ0n) is 18.5. The van der Waals surface area contributed by atoms with Crippen molar-refractivity contribution >= 4 is 0 Å². The van der Waals surface area contributed by atoms with Crippen LogP contribution in [0.3, 0.4) is 0 Å². The summed E-state index contributed by atoms with van der Waals surface area (Å²) < 4.78 is 12.1. The van der Waals surface area contributed by atoms with Crippen molar-refractivity contribution in [3.05, 3.63) is 35.4 Å². The molecular weight excluding hydrogens is 376 g/mol. The molecular formula is C25H36N2O3. The van der Waals surface area contributed by atoms with E-state index in [-0.39, 0.29) is 11.5 Å². The first-order valence-electron chi connectivity index (χ1n) is 11.8. The van der Waals surface area contributed by atoms with Crippen molar-refractivity contribution in [1.82, 2.24) is 9.80 Å². The van der Waals surface area contributed by atoms with Gasteiger partial charge in [-0.2, -0.15) is 0 Å². The Labute approximate surface area is 180 Å². The topological polar surface area (TPSA) is 45.2 Å². The van der Waals surface area contributed by atoms with Crippen molar-refractivity contribution in [1.29, 1.82) is 0 Å². The number of methoxy groups -OCH3 is 1. The lowest BCUT2D eigenvalue weighted by Crippen LogP contribution is -2.43. The van der Waals surface area contributed by atoms with Crippen LogP contribution in [0, 0.1) is 0 Å². The number of benzene rings is 1. The van der Waals surface area contributed by atoms with Crippen LogP contribution in [0.2, 0.25) is 0 Å². The molecule has 3 aliphatic heterocycles. The van der Waals surface area contributed by atoms with Crippen molar-refractivity contribution in [2.75, 3.05) is 33.3 Å². The Balaban J connectivity index is 1.38. The first kappa shape index (κ1) is 20.3. The summed E-state index contributed by atoms with van der Waals surface area (Å²) in [7, 11) is 1.71. The molecule has 0 aromatic heterocycles. The zero-order valence-corrected chi connectivity index (χ0v) is 18.5. The van der Waals surface area contributed by atoms with E-state index in [0.717, 1.165) is 37.6 Å². The van der Waals surface area contributed by atoms with Crippen LogP contribution in [0.4, 0.5) is 0 Å². The smallest absolute Gasteiger partial charge is 0.166 e. The lowest BCUT2D eigenvalue weighted by molar-refractivity contribution is 0.0800. The van der Waals surface area contributed by atoms with Crippen LogP contribution in [0.25, 0.3) is 0 Å². The number of likely N-dealkylation sites (tertiary alicyclic amines) is 1. The van der Waals surface area contributed by atoms with E-state index >= 15 is 0 Å². The molecule has 30 heavy (non-hydrogen) atoms. The maximum absolute atomic E-state index is 10.2. The molecule has 0 amide bonds. The van der Waals surface area contributed by atoms with Gasteiger partial charge < -0.3 is 19.5 Å². The molecule has 4 aliphatic rings. The number of hydrogen-bond acceptors (Lipinski definition) is 5. The highest BCUT2D eigenvalue weighted by Crippen LogP contribution is 2.55. The summed E-state index contributed by atoms with van der Waals surface area (Å²) in [4.78, 5) is 5.31. The van der Waals surface area contributed by atoms with E-state index in [0.29, 0.717) is 12.5 Å². The molecule has 1 fully saturated rings. The summed E-state index contributed by atoms with van der Waals surface area (Å²) in [5.41, 5.74) is 2.53. The molecule has 1 spiro atoms. The predicted molar refractivity (Wildman–Crippen MR) is 118 cm³/mol. The average Bonchev–Trinajstić information content (AvgIpc) is 3.01. The maximum Gasteiger partial charge on any atom is 0.166 e. The Kier molecular flexibility index (Phi) is 5.55. The lowest BCUT2D eigenvalue weighted by atomic mass is 9.69. The molecule has 1 saturated heterocycles. The predicted octanol–water partition coefficient (Wildman–Crippen LogP) is 3.49. The average molecular weight is 413 g/mol. The lowest BCUT2D eigenvalue weighted by Gasteiger charge is -2.36. The van der Waals surface area contributed by atoms with E-state index in [9.17, 15) is 5.11 Å². The van der Waals surface area contributed by atoms with Gasteiger partial charge in [0, 0.05) is 24.6 Å². The van der Waals surface area contributed by atoms with Gasteiger partial charge in [-0.25, -0.2) is 0 Å². The van der Waals surface area contributed by atoms with Gasteiger partial charge in [-0.15, -0.1) is 0 Å². The maximum atomic E-state index is 10.2. The van der Waals surface area contributed by atoms with Crippen molar-refractivity contribution in [3.63, 3.8) is 0 Å². The quantitative estimate of drug-likeness (QED) is 0.750. The fourth-order valence-corrected chi connectivity index (χ4v) is 6.10. The van der Waals surface area contributed by atoms with Gasteiger partial charge in [0.25, 0.3) is 0 Å². The van der Waals surface area contributed by atoms with Gasteiger partial charge in [-0.3, -0.25) is 4.90 Å². The van der Waals surface area contributed by atoms with Crippen molar-refractivity contribution < 1.29 is 14.6 Å². The molecule has 5 heteroatoms. The van der Waals surface area contributed by atoms with Crippen LogP contribution >= 0.6 is 0 Å². The highest BCUT2D eigenvalue weighted by atomic mass is 16.5. The first-order valence-corrected chi connectivity index (χ1v) is 11.8. The summed E-state index contributed by atoms with van der Waals surface area (Å²) >= 11 is 0. The molecule has 0 saturated carbocycles. The van der Waals surface area contributed by atoms with Crippen LogP contribution in [-0.2, 0) is 12.0 Å². The molecule has 1 aromatic carbocycles. The van der Waals surface area contributed by atoms with Gasteiger partial charge in [0.05, 0.1) is 18.6 Å². The third kappa shape index (κ3) is 3.45. The number of rotatable bonds is 5. The number of hydrogen-bond donors (Lipinski definition) is 1. The van der Waals surface area contributed by atoms with Crippen LogP contribution in [0.1, 0.15) is 56.6 Å². The SMILES string of the molecule is COc1ccc2c3c1O[C@H]1C[C@@H](O)C=C[C@@]31CCN(CCC(C)N1CCCCC1)C2. The van der Waals surface area contributed by atoms with E-state index in [1.807, 2.05) is 6.08 Å². The van der Waals surface area contributed by atoms with Gasteiger partial charge in [-0.1, -0.05) is 24.6 Å². The number of nitrogens with zero attached hydrogens (tertiary/aromatic N) is 2. The van der Waals surface area contributed by atoms with E-state index in [1.165, 1.54) is 49.9 Å². The second-order valence-corrected chi connectivity index (χ2v) is 9.70. The van der Waals surface area contributed by atoms with Crippen molar-refractivity contribution in [2.45, 2.75) is 75.7 Å². The third-order valence-electron chi connectivity index (χ3n) is 7.91. The Bertz CT molecular complexity index is 804. The summed E-state index contributed by atoms with van der Waals surface area (Å²) in [6.07, 6.45) is 10.8. The van der Waals surface area contributed by atoms with Gasteiger partial charge in [0.2, 0.25) is 0 Å². The van der Waals surface area contributed by atoms with Crippen LogP contribution in [0.15, 0.2) is 24.3 Å². The number of aliphatic hydroxyl groups excluding tert-OH is 1. The molecule has 164 valence electrons. The minimum absolute atomic E-state index is 0.00484. The fraction of sp³-hybridized carbons (Fsp3) is 0.680. The molecule has 1 N–H and O–H groups in total. The minimum atomic E-state index is -0.422. The monoisotopic (exact) mass is 412 g/mol. The first-order chi connectivity index (χ1) is 14.6. The van der Waals surface area contributed by atoms with Gasteiger partial charge in [0.15, 0.2) is 11.5 Å². The Morgan fingerprint density at radius 3 is 2.87 bits per heavy atom. The van der Waals surface area contributed by atoms with Crippen LogP contribution in [0.5, 0.6) is 11.5 Å². The summed E-state index contributed by atoms with van der Waals surface area (Å²) in [5, 5.41) is 10.2. The number of aliphatic hydroxyl groups is 1. The standard InChI is InChI=1S/C25H36N2O3/c1-18(27-12-4-3-5-13-27)9-14-26-15-11-25-10-8-20(28)16-22(25)30-24-21(29-2)7-6-19(17-26)23(24)25/h6-8,10,18,20,22,28H,3-5,9,11-17H2,1-2H3/t18?,20-,22-,25-/m0/s1. The normalized spacial score (nSPS) is 32.1. The van der Waals surface area contributed by atoms with E-state index < -0.39 is 6.10 Å². The van der Waals surface area contributed by atoms with Crippen LogP contribution in [-0.4, -0.2) is 66.4 Å². The highest BCUT2D eigenvalue weighted by Gasteiger charge is 2.52. The second-order valence-electron chi connectivity index (χ2n) is 9.70. The molecule has 0 radical (unpaired) electrons. The van der Waals surface area contributed by atoms with Gasteiger partial charge in [-0.05, 0) is 70.4 Å². The molecule has 3 heterocycles. The summed E-state index contributed by atoms with van der Waals surface area (Å²) in [6, 6.07) is 4.94. The van der Waals surface area contributed by atoms with Crippen molar-refractivity contribution in [3.8, 4) is 11.5 Å². The fourth-order valence-electron chi connectivity index (χ4n) is 6.10. The number of piperidine rings is 1. The number of ether oxygens (including phenoxy) is 2. The van der Waals surface area contributed by atoms with Crippen molar-refractivity contribution in [2.24, 2.45) is 0 Å². The molecule has 5 nitrogen and oxygen atoms in total. The van der Waals surface area contributed by atoms with E-state index in [1.54, 1.807) is 7.11 Å². The van der Waals surface area contributed by atoms with Crippen LogP contribution < -0.4 is 9.47 Å². The summed E-state index contributed by atoms with van der Waals surface area (Å²) in [6.45, 7) is 8.09. The minimum Gasteiger partial charge on any atom is -0.493 e. The molecule has 1 unspecified atom stereocenters.